The lowest BCUT2D eigenvalue weighted by Gasteiger charge is -2.27. The second kappa shape index (κ2) is 7.49. The number of amides is 1. The van der Waals surface area contributed by atoms with Crippen molar-refractivity contribution in [3.05, 3.63) is 34.4 Å². The summed E-state index contributed by atoms with van der Waals surface area (Å²) in [4.78, 5) is 23.5. The predicted molar refractivity (Wildman–Crippen MR) is 82.4 cm³/mol. The Balaban J connectivity index is 1.88. The average molecular weight is 342 g/mol. The monoisotopic (exact) mass is 342 g/mol. The maximum Gasteiger partial charge on any atom is 0.269 e. The highest BCUT2D eigenvalue weighted by atomic mass is 32.2. The van der Waals surface area contributed by atoms with E-state index in [2.05, 4.69) is 10.0 Å². The summed E-state index contributed by atoms with van der Waals surface area (Å²) in [6, 6.07) is 4.58. The van der Waals surface area contributed by atoms with E-state index in [0.29, 0.717) is 13.1 Å². The van der Waals surface area contributed by atoms with Gasteiger partial charge in [-0.05, 0) is 12.1 Å². The van der Waals surface area contributed by atoms with E-state index in [4.69, 9.17) is 0 Å². The van der Waals surface area contributed by atoms with Crippen LogP contribution in [-0.2, 0) is 14.8 Å². The zero-order chi connectivity index (χ0) is 16.9. The number of sulfonamides is 1. The first-order chi connectivity index (χ1) is 10.9. The van der Waals surface area contributed by atoms with Crippen molar-refractivity contribution in [3.63, 3.8) is 0 Å². The number of hydrogen-bond donors (Lipinski definition) is 2. The number of rotatable bonds is 6. The minimum absolute atomic E-state index is 0.0118. The molecule has 1 aromatic rings. The molecule has 2 N–H and O–H groups in total. The van der Waals surface area contributed by atoms with E-state index in [9.17, 15) is 23.3 Å². The molecular formula is C13H18N4O5S. The molecule has 0 unspecified atom stereocenters. The van der Waals surface area contributed by atoms with Crippen LogP contribution in [0.25, 0.3) is 0 Å². The number of nitro benzene ring substituents is 1. The molecule has 1 heterocycles. The second-order valence-corrected chi connectivity index (χ2v) is 6.80. The van der Waals surface area contributed by atoms with Crippen molar-refractivity contribution in [3.8, 4) is 0 Å². The number of carbonyl (C=O) groups excluding carboxylic acids is 1. The third kappa shape index (κ3) is 4.71. The van der Waals surface area contributed by atoms with Crippen LogP contribution in [0.4, 0.5) is 5.69 Å². The van der Waals surface area contributed by atoms with Crippen LogP contribution < -0.4 is 10.0 Å². The number of carbonyl (C=O) groups is 1. The zero-order valence-corrected chi connectivity index (χ0v) is 13.2. The van der Waals surface area contributed by atoms with Crippen molar-refractivity contribution < 1.29 is 18.1 Å². The predicted octanol–water partition coefficient (Wildman–Crippen LogP) is -0.305. The normalized spacial score (nSPS) is 15.4. The molecule has 23 heavy (non-hydrogen) atoms. The lowest BCUT2D eigenvalue weighted by molar-refractivity contribution is -0.384. The molecule has 0 aliphatic carbocycles. The summed E-state index contributed by atoms with van der Waals surface area (Å²) in [6.45, 7) is 2.70. The van der Waals surface area contributed by atoms with Crippen LogP contribution in [0.5, 0.6) is 0 Å². The average Bonchev–Trinajstić information content (AvgIpc) is 2.55. The summed E-state index contributed by atoms with van der Waals surface area (Å²) in [7, 11) is -3.78. The number of nitrogens with one attached hydrogen (secondary N) is 2. The van der Waals surface area contributed by atoms with Crippen LogP contribution in [-0.4, -0.2) is 56.9 Å². The van der Waals surface area contributed by atoms with E-state index in [1.54, 1.807) is 4.90 Å². The summed E-state index contributed by atoms with van der Waals surface area (Å²) >= 11 is 0. The molecule has 0 saturated carbocycles. The van der Waals surface area contributed by atoms with Gasteiger partial charge in [0.25, 0.3) is 5.69 Å². The molecule has 126 valence electrons. The summed E-state index contributed by atoms with van der Waals surface area (Å²) in [6.07, 6.45) is 0.0756. The number of non-ortho nitro benzene ring substituents is 1. The smallest absolute Gasteiger partial charge is 0.269 e. The Morgan fingerprint density at radius 3 is 2.43 bits per heavy atom. The van der Waals surface area contributed by atoms with Crippen LogP contribution in [0.1, 0.15) is 6.42 Å². The Labute approximate surface area is 133 Å². The topological polar surface area (TPSA) is 122 Å². The Morgan fingerprint density at radius 2 is 1.87 bits per heavy atom. The molecule has 9 nitrogen and oxygen atoms in total. The molecule has 0 bridgehead atoms. The van der Waals surface area contributed by atoms with Crippen LogP contribution in [0.2, 0.25) is 0 Å². The van der Waals surface area contributed by atoms with E-state index in [1.807, 2.05) is 0 Å². The highest BCUT2D eigenvalue weighted by Gasteiger charge is 2.18. The van der Waals surface area contributed by atoms with E-state index in [0.717, 1.165) is 25.2 Å². The zero-order valence-electron chi connectivity index (χ0n) is 12.4. The Morgan fingerprint density at radius 1 is 1.26 bits per heavy atom. The second-order valence-electron chi connectivity index (χ2n) is 5.03. The van der Waals surface area contributed by atoms with E-state index in [1.165, 1.54) is 12.1 Å². The first-order valence-electron chi connectivity index (χ1n) is 7.13. The Bertz CT molecular complexity index is 668. The third-order valence-corrected chi connectivity index (χ3v) is 4.94. The van der Waals surface area contributed by atoms with Gasteiger partial charge in [0.1, 0.15) is 0 Å². The molecular weight excluding hydrogens is 324 g/mol. The SMILES string of the molecule is O=C(CCNS(=O)(=O)c1ccc([N+](=O)[O-])cc1)N1CCNCC1. The van der Waals surface area contributed by atoms with Crippen LogP contribution in [0.15, 0.2) is 29.2 Å². The minimum Gasteiger partial charge on any atom is -0.340 e. The fourth-order valence-corrected chi connectivity index (χ4v) is 3.23. The minimum atomic E-state index is -3.78. The third-order valence-electron chi connectivity index (χ3n) is 3.46. The van der Waals surface area contributed by atoms with Crippen molar-refractivity contribution in [2.75, 3.05) is 32.7 Å². The molecule has 0 spiro atoms. The molecule has 10 heteroatoms. The summed E-state index contributed by atoms with van der Waals surface area (Å²) in [5, 5.41) is 13.7. The van der Waals surface area contributed by atoms with Gasteiger partial charge in [0.15, 0.2) is 0 Å². The van der Waals surface area contributed by atoms with E-state index < -0.39 is 14.9 Å². The van der Waals surface area contributed by atoms with Gasteiger partial charge in [0.05, 0.1) is 9.82 Å². The maximum absolute atomic E-state index is 12.1. The van der Waals surface area contributed by atoms with Crippen LogP contribution in [0, 0.1) is 10.1 Å². The highest BCUT2D eigenvalue weighted by Crippen LogP contribution is 2.15. The molecule has 1 aliphatic rings. The number of nitro groups is 1. The molecule has 2 rings (SSSR count). The number of piperazine rings is 1. The van der Waals surface area contributed by atoms with Crippen molar-refractivity contribution in [1.29, 1.82) is 0 Å². The number of benzene rings is 1. The van der Waals surface area contributed by atoms with Crippen molar-refractivity contribution in [2.24, 2.45) is 0 Å². The Kier molecular flexibility index (Phi) is 5.64. The quantitative estimate of drug-likeness (QED) is 0.540. The van der Waals surface area contributed by atoms with Crippen molar-refractivity contribution in [2.45, 2.75) is 11.3 Å². The first kappa shape index (κ1) is 17.3. The fourth-order valence-electron chi connectivity index (χ4n) is 2.20. The standard InChI is InChI=1S/C13H18N4O5S/c18-13(16-9-7-14-8-10-16)5-6-15-23(21,22)12-3-1-11(2-4-12)17(19)20/h1-4,14-15H,5-10H2. The number of nitrogens with zero attached hydrogens (tertiary/aromatic N) is 2. The van der Waals surface area contributed by atoms with Crippen LogP contribution >= 0.6 is 0 Å². The van der Waals surface area contributed by atoms with Crippen molar-refractivity contribution in [1.82, 2.24) is 14.9 Å². The number of hydrogen-bond acceptors (Lipinski definition) is 6. The van der Waals surface area contributed by atoms with Gasteiger partial charge in [-0.15, -0.1) is 0 Å². The largest absolute Gasteiger partial charge is 0.340 e. The van der Waals surface area contributed by atoms with Gasteiger partial charge >= 0.3 is 0 Å². The lowest BCUT2D eigenvalue weighted by atomic mass is 10.3. The van der Waals surface area contributed by atoms with Gasteiger partial charge in [0, 0.05) is 51.3 Å². The van der Waals surface area contributed by atoms with Crippen LogP contribution in [0.3, 0.4) is 0 Å². The molecule has 1 aromatic carbocycles. The molecule has 0 radical (unpaired) electrons. The highest BCUT2D eigenvalue weighted by molar-refractivity contribution is 7.89. The van der Waals surface area contributed by atoms with E-state index >= 15 is 0 Å². The van der Waals surface area contributed by atoms with Gasteiger partial charge in [-0.1, -0.05) is 0 Å². The summed E-state index contributed by atoms with van der Waals surface area (Å²) < 4.78 is 26.4. The molecule has 1 fully saturated rings. The molecule has 1 saturated heterocycles. The van der Waals surface area contributed by atoms with Gasteiger partial charge in [-0.25, -0.2) is 13.1 Å². The van der Waals surface area contributed by atoms with Crippen molar-refractivity contribution >= 4 is 21.6 Å². The Hall–Kier alpha value is -2.04. The molecule has 1 aliphatic heterocycles. The van der Waals surface area contributed by atoms with Gasteiger partial charge in [-0.3, -0.25) is 14.9 Å². The molecule has 0 aromatic heterocycles. The first-order valence-corrected chi connectivity index (χ1v) is 8.61. The molecule has 1 amide bonds. The molecule has 0 atom stereocenters. The summed E-state index contributed by atoms with van der Waals surface area (Å²) in [5.41, 5.74) is -0.183. The maximum atomic E-state index is 12.1. The van der Waals surface area contributed by atoms with E-state index in [-0.39, 0.29) is 29.5 Å². The van der Waals surface area contributed by atoms with Gasteiger partial charge in [0.2, 0.25) is 15.9 Å². The summed E-state index contributed by atoms with van der Waals surface area (Å²) in [5.74, 6) is -0.0992. The van der Waals surface area contributed by atoms with Gasteiger partial charge in [-0.2, -0.15) is 0 Å². The lowest BCUT2D eigenvalue weighted by Crippen LogP contribution is -2.47. The fraction of sp³-hybridized carbons (Fsp3) is 0.462. The van der Waals surface area contributed by atoms with Gasteiger partial charge < -0.3 is 10.2 Å².